The molecule has 1 aromatic carbocycles. The van der Waals surface area contributed by atoms with Crippen molar-refractivity contribution in [2.24, 2.45) is 5.41 Å². The smallest absolute Gasteiger partial charge is 0.327 e. The van der Waals surface area contributed by atoms with Gasteiger partial charge in [-0.3, -0.25) is 10.1 Å². The summed E-state index contributed by atoms with van der Waals surface area (Å²) in [6.07, 6.45) is 4.18. The van der Waals surface area contributed by atoms with Gasteiger partial charge in [-0.25, -0.2) is 0 Å². The summed E-state index contributed by atoms with van der Waals surface area (Å²) in [7, 11) is 1.41. The maximum atomic E-state index is 14.0. The molecule has 0 amide bonds. The van der Waals surface area contributed by atoms with Crippen molar-refractivity contribution >= 4 is 11.4 Å². The van der Waals surface area contributed by atoms with E-state index in [2.05, 4.69) is 5.32 Å². The van der Waals surface area contributed by atoms with Crippen LogP contribution in [0, 0.1) is 21.3 Å². The van der Waals surface area contributed by atoms with Gasteiger partial charge in [0.15, 0.2) is 0 Å². The number of nitro benzene ring substituents is 1. The van der Waals surface area contributed by atoms with Crippen LogP contribution >= 0.6 is 0 Å². The van der Waals surface area contributed by atoms with E-state index in [-0.39, 0.29) is 29.0 Å². The number of nitro groups is 1. The Balaban J connectivity index is 1.85. The third-order valence-corrected chi connectivity index (χ3v) is 5.22. The Hall–Kier alpha value is -1.89. The third-order valence-electron chi connectivity index (χ3n) is 5.22. The van der Waals surface area contributed by atoms with E-state index in [9.17, 15) is 14.5 Å². The molecule has 2 atom stereocenters. The molecule has 1 N–H and O–H groups in total. The minimum Gasteiger partial charge on any atom is -0.497 e. The van der Waals surface area contributed by atoms with Gasteiger partial charge < -0.3 is 14.8 Å². The summed E-state index contributed by atoms with van der Waals surface area (Å²) in [5.74, 6) is -0.626. The number of ether oxygens (including phenoxy) is 2. The van der Waals surface area contributed by atoms with E-state index in [4.69, 9.17) is 9.47 Å². The number of nitrogens with one attached hydrogen (secondary N) is 1. The number of benzene rings is 1. The molecule has 2 unspecified atom stereocenters. The fourth-order valence-corrected chi connectivity index (χ4v) is 3.82. The fourth-order valence-electron chi connectivity index (χ4n) is 3.82. The molecule has 0 radical (unpaired) electrons. The van der Waals surface area contributed by atoms with Crippen LogP contribution in [-0.2, 0) is 4.74 Å². The van der Waals surface area contributed by atoms with Crippen LogP contribution in [0.15, 0.2) is 12.1 Å². The van der Waals surface area contributed by atoms with Gasteiger partial charge in [-0.15, -0.1) is 0 Å². The van der Waals surface area contributed by atoms with Gasteiger partial charge in [0.2, 0.25) is 5.82 Å². The summed E-state index contributed by atoms with van der Waals surface area (Å²) in [6.45, 7) is 2.63. The van der Waals surface area contributed by atoms with E-state index in [1.54, 1.807) is 0 Å². The highest BCUT2D eigenvalue weighted by Crippen LogP contribution is 2.58. The molecule has 0 bridgehead atoms. The summed E-state index contributed by atoms with van der Waals surface area (Å²) < 4.78 is 24.8. The second kappa shape index (κ2) is 5.96. The molecule has 1 spiro atoms. The zero-order valence-electron chi connectivity index (χ0n) is 13.3. The van der Waals surface area contributed by atoms with Crippen molar-refractivity contribution in [1.29, 1.82) is 0 Å². The molecule has 2 aliphatic carbocycles. The second-order valence-electron chi connectivity index (χ2n) is 6.23. The van der Waals surface area contributed by atoms with Gasteiger partial charge in [-0.1, -0.05) is 6.42 Å². The lowest BCUT2D eigenvalue weighted by Gasteiger charge is -2.61. The van der Waals surface area contributed by atoms with Crippen LogP contribution in [0.1, 0.15) is 32.6 Å². The zero-order valence-corrected chi connectivity index (χ0v) is 13.3. The Morgan fingerprint density at radius 3 is 2.74 bits per heavy atom. The van der Waals surface area contributed by atoms with Crippen LogP contribution in [0.3, 0.4) is 0 Å². The molecule has 2 saturated carbocycles. The molecule has 126 valence electrons. The highest BCUT2D eigenvalue weighted by molar-refractivity contribution is 5.66. The Labute approximate surface area is 134 Å². The highest BCUT2D eigenvalue weighted by Gasteiger charge is 2.59. The minimum absolute atomic E-state index is 0.0312. The zero-order chi connectivity index (χ0) is 16.6. The van der Waals surface area contributed by atoms with Crippen molar-refractivity contribution in [2.75, 3.05) is 19.0 Å². The normalized spacial score (nSPS) is 24.7. The number of methoxy groups -OCH3 is 1. The highest BCUT2D eigenvalue weighted by atomic mass is 19.1. The first-order valence-corrected chi connectivity index (χ1v) is 7.92. The van der Waals surface area contributed by atoms with Gasteiger partial charge in [0.25, 0.3) is 0 Å². The standard InChI is InChI=1S/C16H21FN2O4/c1-3-23-14-9-13(16(14)5-4-6-16)18-12-8-10(22-2)7-11(17)15(12)19(20)21/h7-8,13-14,18H,3-6,9H2,1-2H3. The largest absolute Gasteiger partial charge is 0.497 e. The number of nitrogens with zero attached hydrogens (tertiary/aromatic N) is 1. The number of anilines is 1. The van der Waals surface area contributed by atoms with Crippen LogP contribution in [0.5, 0.6) is 5.75 Å². The number of halogens is 1. The lowest BCUT2D eigenvalue weighted by molar-refractivity contribution is -0.386. The molecule has 7 heteroatoms. The Morgan fingerprint density at radius 1 is 1.48 bits per heavy atom. The summed E-state index contributed by atoms with van der Waals surface area (Å²) in [4.78, 5) is 10.5. The van der Waals surface area contributed by atoms with Crippen molar-refractivity contribution in [1.82, 2.24) is 0 Å². The van der Waals surface area contributed by atoms with Crippen molar-refractivity contribution in [2.45, 2.75) is 44.8 Å². The predicted molar refractivity (Wildman–Crippen MR) is 83.3 cm³/mol. The Morgan fingerprint density at radius 2 is 2.22 bits per heavy atom. The number of hydrogen-bond acceptors (Lipinski definition) is 5. The Kier molecular flexibility index (Phi) is 4.14. The summed E-state index contributed by atoms with van der Waals surface area (Å²) in [5, 5.41) is 14.4. The Bertz CT molecular complexity index is 618. The van der Waals surface area contributed by atoms with Gasteiger partial charge in [-0.2, -0.15) is 4.39 Å². The van der Waals surface area contributed by atoms with Crippen molar-refractivity contribution in [3.05, 3.63) is 28.1 Å². The first-order chi connectivity index (χ1) is 11.0. The number of hydrogen-bond donors (Lipinski definition) is 1. The minimum atomic E-state index is -0.889. The van der Waals surface area contributed by atoms with Crippen molar-refractivity contribution < 1.29 is 18.8 Å². The molecule has 0 heterocycles. The van der Waals surface area contributed by atoms with Gasteiger partial charge in [0, 0.05) is 30.2 Å². The average Bonchev–Trinajstić information content (AvgIpc) is 2.43. The van der Waals surface area contributed by atoms with Gasteiger partial charge >= 0.3 is 5.69 Å². The molecule has 1 aromatic rings. The quantitative estimate of drug-likeness (QED) is 0.640. The maximum absolute atomic E-state index is 14.0. The summed E-state index contributed by atoms with van der Waals surface area (Å²) in [6, 6.07) is 2.59. The van der Waals surface area contributed by atoms with Crippen molar-refractivity contribution in [3.8, 4) is 5.75 Å². The molecule has 2 fully saturated rings. The third kappa shape index (κ3) is 2.52. The topological polar surface area (TPSA) is 73.6 Å². The molecule has 2 aliphatic rings. The first kappa shape index (κ1) is 16.0. The first-order valence-electron chi connectivity index (χ1n) is 7.92. The second-order valence-corrected chi connectivity index (χ2v) is 6.23. The van der Waals surface area contributed by atoms with Crippen LogP contribution in [0.4, 0.5) is 15.8 Å². The maximum Gasteiger partial charge on any atom is 0.327 e. The summed E-state index contributed by atoms with van der Waals surface area (Å²) >= 11 is 0. The fraction of sp³-hybridized carbons (Fsp3) is 0.625. The van der Waals surface area contributed by atoms with E-state index in [0.717, 1.165) is 31.7 Å². The average molecular weight is 324 g/mol. The predicted octanol–water partition coefficient (Wildman–Crippen LogP) is 3.50. The molecule has 0 saturated heterocycles. The molecular formula is C16H21FN2O4. The number of rotatable bonds is 6. The van der Waals surface area contributed by atoms with E-state index < -0.39 is 16.4 Å². The summed E-state index contributed by atoms with van der Waals surface area (Å²) in [5.41, 5.74) is -0.318. The molecule has 23 heavy (non-hydrogen) atoms. The van der Waals surface area contributed by atoms with E-state index in [1.165, 1.54) is 13.2 Å². The SMILES string of the molecule is CCOC1CC(Nc2cc(OC)cc(F)c2[N+](=O)[O-])C12CCC2. The van der Waals surface area contributed by atoms with Crippen LogP contribution in [-0.4, -0.2) is 30.8 Å². The lowest BCUT2D eigenvalue weighted by Crippen LogP contribution is -2.64. The monoisotopic (exact) mass is 324 g/mol. The van der Waals surface area contributed by atoms with Crippen LogP contribution in [0.25, 0.3) is 0 Å². The lowest BCUT2D eigenvalue weighted by atomic mass is 9.51. The molecule has 6 nitrogen and oxygen atoms in total. The molecule has 0 aliphatic heterocycles. The van der Waals surface area contributed by atoms with E-state index in [0.29, 0.717) is 6.61 Å². The molecular weight excluding hydrogens is 303 g/mol. The van der Waals surface area contributed by atoms with Gasteiger partial charge in [-0.05, 0) is 26.2 Å². The van der Waals surface area contributed by atoms with E-state index in [1.807, 2.05) is 6.92 Å². The van der Waals surface area contributed by atoms with E-state index >= 15 is 0 Å². The van der Waals surface area contributed by atoms with Crippen LogP contribution in [0.2, 0.25) is 0 Å². The molecule has 3 rings (SSSR count). The van der Waals surface area contributed by atoms with Crippen LogP contribution < -0.4 is 10.1 Å². The van der Waals surface area contributed by atoms with Gasteiger partial charge in [0.05, 0.1) is 18.1 Å². The molecule has 0 aromatic heterocycles. The van der Waals surface area contributed by atoms with Crippen molar-refractivity contribution in [3.63, 3.8) is 0 Å². The van der Waals surface area contributed by atoms with Gasteiger partial charge in [0.1, 0.15) is 11.4 Å².